The average Bonchev–Trinajstić information content (AvgIpc) is 2.17. The van der Waals surface area contributed by atoms with Gasteiger partial charge in [-0.3, -0.25) is 0 Å². The first kappa shape index (κ1) is 9.32. The summed E-state index contributed by atoms with van der Waals surface area (Å²) < 4.78 is 13.1. The molecule has 0 amide bonds. The highest BCUT2D eigenvalue weighted by molar-refractivity contribution is 5.39. The van der Waals surface area contributed by atoms with Crippen LogP contribution in [0.15, 0.2) is 24.3 Å². The number of halogens is 1. The molecule has 0 bridgehead atoms. The Morgan fingerprint density at radius 3 is 2.23 bits per heavy atom. The van der Waals surface area contributed by atoms with Gasteiger partial charge in [0.25, 0.3) is 0 Å². The van der Waals surface area contributed by atoms with Crippen LogP contribution >= 0.6 is 0 Å². The fourth-order valence-electron chi connectivity index (χ4n) is 0.952. The summed E-state index contributed by atoms with van der Waals surface area (Å²) in [5.74, 6) is 3.32. The lowest BCUT2D eigenvalue weighted by molar-refractivity contribution is 0.160. The van der Waals surface area contributed by atoms with Crippen LogP contribution in [0.25, 0.3) is 0 Å². The summed E-state index contributed by atoms with van der Waals surface area (Å²) in [7, 11) is 0. The molecule has 0 unspecified atom stereocenters. The number of terminal acetylenes is 2. The minimum absolute atomic E-state index is 0.0694. The first-order chi connectivity index (χ1) is 6.14. The highest BCUT2D eigenvalue weighted by atomic mass is 19.1. The van der Waals surface area contributed by atoms with Crippen LogP contribution in [-0.4, -0.2) is 5.11 Å². The normalized spacial score (nSPS) is 10.2. The Hall–Kier alpha value is -1.77. The number of aliphatic hydroxyl groups is 1. The van der Waals surface area contributed by atoms with Crippen LogP contribution in [0.5, 0.6) is 0 Å². The van der Waals surface area contributed by atoms with Gasteiger partial charge in [0.1, 0.15) is 5.82 Å². The maximum atomic E-state index is 13.1. The summed E-state index contributed by atoms with van der Waals surface area (Å²) in [6.45, 7) is 0. The van der Waals surface area contributed by atoms with E-state index in [1.54, 1.807) is 6.07 Å². The summed E-state index contributed by atoms with van der Waals surface area (Å²) in [5.41, 5.74) is -2.02. The van der Waals surface area contributed by atoms with Gasteiger partial charge in [-0.25, -0.2) is 4.39 Å². The number of hydrogen-bond acceptors (Lipinski definition) is 1. The molecule has 0 aromatic heterocycles. The van der Waals surface area contributed by atoms with E-state index in [4.69, 9.17) is 12.8 Å². The van der Waals surface area contributed by atoms with Crippen molar-refractivity contribution in [1.29, 1.82) is 0 Å². The molecule has 0 saturated heterocycles. The smallest absolute Gasteiger partial charge is 0.216 e. The van der Waals surface area contributed by atoms with Crippen LogP contribution < -0.4 is 0 Å². The van der Waals surface area contributed by atoms with E-state index in [2.05, 4.69) is 0 Å². The molecular weight excluding hydrogens is 167 g/mol. The number of hydrogen-bond donors (Lipinski definition) is 1. The van der Waals surface area contributed by atoms with E-state index in [1.807, 2.05) is 11.8 Å². The van der Waals surface area contributed by atoms with Crippen LogP contribution in [0.3, 0.4) is 0 Å². The second kappa shape index (κ2) is 3.31. The molecule has 0 spiro atoms. The molecule has 0 fully saturated rings. The van der Waals surface area contributed by atoms with Crippen LogP contribution in [0.2, 0.25) is 0 Å². The van der Waals surface area contributed by atoms with Gasteiger partial charge in [-0.15, -0.1) is 12.8 Å². The molecule has 0 saturated carbocycles. The number of rotatable bonds is 1. The highest BCUT2D eigenvalue weighted by Gasteiger charge is 2.26. The Kier molecular flexibility index (Phi) is 2.37. The van der Waals surface area contributed by atoms with Gasteiger partial charge < -0.3 is 5.11 Å². The standard InChI is InChI=1S/C11H7FO/c1-3-11(13,4-2)9-7-5-6-8-10(9)12/h1-2,5-8,13H. The summed E-state index contributed by atoms with van der Waals surface area (Å²) in [4.78, 5) is 0. The van der Waals surface area contributed by atoms with Crippen molar-refractivity contribution in [1.82, 2.24) is 0 Å². The van der Waals surface area contributed by atoms with Crippen LogP contribution in [-0.2, 0) is 5.60 Å². The first-order valence-electron chi connectivity index (χ1n) is 3.57. The zero-order valence-corrected chi connectivity index (χ0v) is 6.79. The van der Waals surface area contributed by atoms with E-state index >= 15 is 0 Å². The minimum Gasteiger partial charge on any atom is -0.363 e. The molecule has 0 atom stereocenters. The van der Waals surface area contributed by atoms with Crippen molar-refractivity contribution < 1.29 is 9.50 Å². The highest BCUT2D eigenvalue weighted by Crippen LogP contribution is 2.21. The monoisotopic (exact) mass is 174 g/mol. The van der Waals surface area contributed by atoms with E-state index in [0.717, 1.165) is 0 Å². The van der Waals surface area contributed by atoms with Crippen LogP contribution in [0.1, 0.15) is 5.56 Å². The van der Waals surface area contributed by atoms with Crippen molar-refractivity contribution in [3.05, 3.63) is 35.6 Å². The molecule has 0 aliphatic rings. The van der Waals surface area contributed by atoms with Gasteiger partial charge in [-0.1, -0.05) is 30.0 Å². The third-order valence-corrected chi connectivity index (χ3v) is 1.68. The Bertz CT molecular complexity index is 381. The van der Waals surface area contributed by atoms with Gasteiger partial charge in [-0.2, -0.15) is 0 Å². The fourth-order valence-corrected chi connectivity index (χ4v) is 0.952. The molecule has 0 aliphatic carbocycles. The van der Waals surface area contributed by atoms with E-state index in [0.29, 0.717) is 0 Å². The molecule has 1 aromatic carbocycles. The quantitative estimate of drug-likeness (QED) is 0.636. The Morgan fingerprint density at radius 2 is 1.77 bits per heavy atom. The van der Waals surface area contributed by atoms with Crippen LogP contribution in [0.4, 0.5) is 4.39 Å². The van der Waals surface area contributed by atoms with Gasteiger partial charge in [0.2, 0.25) is 5.60 Å². The summed E-state index contributed by atoms with van der Waals surface area (Å²) in [5, 5.41) is 9.57. The van der Waals surface area contributed by atoms with Crippen molar-refractivity contribution in [2.45, 2.75) is 5.60 Å². The molecule has 0 aliphatic heterocycles. The summed E-state index contributed by atoms with van der Waals surface area (Å²) in [6, 6.07) is 5.59. The number of benzene rings is 1. The maximum Gasteiger partial charge on any atom is 0.216 e. The molecule has 1 aromatic rings. The summed E-state index contributed by atoms with van der Waals surface area (Å²) in [6.07, 6.45) is 10.0. The molecule has 0 heterocycles. The summed E-state index contributed by atoms with van der Waals surface area (Å²) >= 11 is 0. The first-order valence-corrected chi connectivity index (χ1v) is 3.57. The van der Waals surface area contributed by atoms with Crippen LogP contribution in [0, 0.1) is 30.5 Å². The van der Waals surface area contributed by atoms with Crippen molar-refractivity contribution in [2.75, 3.05) is 0 Å². The van der Waals surface area contributed by atoms with E-state index in [-0.39, 0.29) is 5.56 Å². The van der Waals surface area contributed by atoms with Crippen molar-refractivity contribution >= 4 is 0 Å². The lowest BCUT2D eigenvalue weighted by atomic mass is 9.95. The Balaban J connectivity index is 3.33. The SMILES string of the molecule is C#CC(O)(C#C)c1ccccc1F. The zero-order chi connectivity index (χ0) is 9.90. The lowest BCUT2D eigenvalue weighted by Gasteiger charge is -2.15. The third kappa shape index (κ3) is 1.54. The predicted octanol–water partition coefficient (Wildman–Crippen LogP) is 1.28. The third-order valence-electron chi connectivity index (χ3n) is 1.68. The van der Waals surface area contributed by atoms with Gasteiger partial charge >= 0.3 is 0 Å². The Morgan fingerprint density at radius 1 is 1.23 bits per heavy atom. The maximum absolute atomic E-state index is 13.1. The molecule has 2 heteroatoms. The Labute approximate surface area is 76.2 Å². The second-order valence-corrected chi connectivity index (χ2v) is 2.48. The second-order valence-electron chi connectivity index (χ2n) is 2.48. The molecule has 1 N–H and O–H groups in total. The zero-order valence-electron chi connectivity index (χ0n) is 6.79. The average molecular weight is 174 g/mol. The minimum atomic E-state index is -1.95. The molecule has 0 radical (unpaired) electrons. The molecule has 1 nitrogen and oxygen atoms in total. The molecular formula is C11H7FO. The van der Waals surface area contributed by atoms with Crippen molar-refractivity contribution in [3.8, 4) is 24.7 Å². The van der Waals surface area contributed by atoms with Crippen molar-refractivity contribution in [3.63, 3.8) is 0 Å². The largest absolute Gasteiger partial charge is 0.363 e. The van der Waals surface area contributed by atoms with Gasteiger partial charge in [0.05, 0.1) is 0 Å². The van der Waals surface area contributed by atoms with E-state index < -0.39 is 11.4 Å². The van der Waals surface area contributed by atoms with Gasteiger partial charge in [-0.05, 0) is 6.07 Å². The van der Waals surface area contributed by atoms with E-state index in [9.17, 15) is 9.50 Å². The topological polar surface area (TPSA) is 20.2 Å². The van der Waals surface area contributed by atoms with Gasteiger partial charge in [0, 0.05) is 5.56 Å². The predicted molar refractivity (Wildman–Crippen MR) is 48.0 cm³/mol. The molecule has 1 rings (SSSR count). The molecule has 64 valence electrons. The van der Waals surface area contributed by atoms with Crippen molar-refractivity contribution in [2.24, 2.45) is 0 Å². The fraction of sp³-hybridized carbons (Fsp3) is 0.0909. The van der Waals surface area contributed by atoms with Gasteiger partial charge in [0.15, 0.2) is 0 Å². The van der Waals surface area contributed by atoms with E-state index in [1.165, 1.54) is 18.2 Å². The lowest BCUT2D eigenvalue weighted by Crippen LogP contribution is -2.22. The molecule has 13 heavy (non-hydrogen) atoms.